The van der Waals surface area contributed by atoms with Crippen LogP contribution in [0.3, 0.4) is 0 Å². The van der Waals surface area contributed by atoms with Gasteiger partial charge in [-0.2, -0.15) is 0 Å². The minimum atomic E-state index is -3.99. The lowest BCUT2D eigenvalue weighted by atomic mass is 10.4. The van der Waals surface area contributed by atoms with Gasteiger partial charge in [-0.3, -0.25) is 4.79 Å². The molecule has 0 atom stereocenters. The molecule has 0 bridgehead atoms. The molecule has 1 rings (SSSR count). The van der Waals surface area contributed by atoms with Crippen LogP contribution in [0.2, 0.25) is 0 Å². The number of amides is 1. The fraction of sp³-hybridized carbons (Fsp3) is 0.500. The van der Waals surface area contributed by atoms with Crippen LogP contribution in [0.5, 0.6) is 0 Å². The highest BCUT2D eigenvalue weighted by Gasteiger charge is 2.22. The molecule has 0 aliphatic rings. The summed E-state index contributed by atoms with van der Waals surface area (Å²) in [5.41, 5.74) is 0. The van der Waals surface area contributed by atoms with E-state index in [1.807, 2.05) is 0 Å². The fourth-order valence-corrected chi connectivity index (χ4v) is 3.17. The summed E-state index contributed by atoms with van der Waals surface area (Å²) in [6.45, 7) is 2.77. The average molecular weight is 344 g/mol. The number of rotatable bonds is 6. The molecule has 0 fully saturated rings. The van der Waals surface area contributed by atoms with Gasteiger partial charge < -0.3 is 9.73 Å². The molecule has 0 unspecified atom stereocenters. The third-order valence-electron chi connectivity index (χ3n) is 2.50. The molecule has 0 saturated heterocycles. The SMILES string of the molecule is CCS(=O)(=O)CCNC(=O)c1cc(S(=O)(=O)Cl)c(C)o1. The van der Waals surface area contributed by atoms with Crippen molar-refractivity contribution < 1.29 is 26.0 Å². The van der Waals surface area contributed by atoms with Crippen LogP contribution < -0.4 is 5.32 Å². The first-order valence-corrected chi connectivity index (χ1v) is 9.73. The van der Waals surface area contributed by atoms with E-state index < -0.39 is 24.8 Å². The first-order valence-electron chi connectivity index (χ1n) is 5.60. The zero-order valence-electron chi connectivity index (χ0n) is 10.8. The fourth-order valence-electron chi connectivity index (χ4n) is 1.37. The lowest BCUT2D eigenvalue weighted by Crippen LogP contribution is -2.29. The van der Waals surface area contributed by atoms with Gasteiger partial charge in [-0.1, -0.05) is 6.92 Å². The zero-order chi connectivity index (χ0) is 15.6. The third kappa shape index (κ3) is 4.50. The lowest BCUT2D eigenvalue weighted by Gasteiger charge is -2.02. The van der Waals surface area contributed by atoms with Crippen molar-refractivity contribution >= 4 is 35.5 Å². The molecule has 0 aliphatic carbocycles. The zero-order valence-corrected chi connectivity index (χ0v) is 13.2. The number of hydrogen-bond donors (Lipinski definition) is 1. The first kappa shape index (κ1) is 17.0. The van der Waals surface area contributed by atoms with Crippen LogP contribution in [0, 0.1) is 6.92 Å². The number of halogens is 1. The van der Waals surface area contributed by atoms with E-state index in [2.05, 4.69) is 5.32 Å². The van der Waals surface area contributed by atoms with E-state index in [9.17, 15) is 21.6 Å². The number of furan rings is 1. The summed E-state index contributed by atoms with van der Waals surface area (Å²) in [5.74, 6) is -1.17. The molecule has 0 saturated carbocycles. The molecule has 1 N–H and O–H groups in total. The van der Waals surface area contributed by atoms with Crippen molar-refractivity contribution in [3.63, 3.8) is 0 Å². The molecule has 7 nitrogen and oxygen atoms in total. The standard InChI is InChI=1S/C10H14ClNO6S2/c1-3-19(14,15)5-4-12-10(13)8-6-9(7(2)18-8)20(11,16)17/h6H,3-5H2,1-2H3,(H,12,13). The lowest BCUT2D eigenvalue weighted by molar-refractivity contribution is 0.0927. The summed E-state index contributed by atoms with van der Waals surface area (Å²) >= 11 is 0. The van der Waals surface area contributed by atoms with Gasteiger partial charge in [-0.15, -0.1) is 0 Å². The highest BCUT2D eigenvalue weighted by atomic mass is 35.7. The molecule has 0 aromatic carbocycles. The highest BCUT2D eigenvalue weighted by Crippen LogP contribution is 2.23. The molecule has 114 valence electrons. The van der Waals surface area contributed by atoms with Crippen molar-refractivity contribution in [1.29, 1.82) is 0 Å². The summed E-state index contributed by atoms with van der Waals surface area (Å²) in [6.07, 6.45) is 0. The minimum absolute atomic E-state index is 0.00803. The Hall–Kier alpha value is -1.06. The van der Waals surface area contributed by atoms with Crippen LogP contribution in [0.25, 0.3) is 0 Å². The monoisotopic (exact) mass is 343 g/mol. The maximum Gasteiger partial charge on any atom is 0.287 e. The summed E-state index contributed by atoms with van der Waals surface area (Å²) in [4.78, 5) is 11.4. The average Bonchev–Trinajstić information content (AvgIpc) is 2.71. The molecular formula is C10H14ClNO6S2. The van der Waals surface area contributed by atoms with E-state index in [1.165, 1.54) is 13.8 Å². The third-order valence-corrected chi connectivity index (χ3v) is 5.63. The Morgan fingerprint density at radius 2 is 1.95 bits per heavy atom. The number of nitrogens with one attached hydrogen (secondary N) is 1. The quantitative estimate of drug-likeness (QED) is 0.760. The largest absolute Gasteiger partial charge is 0.455 e. The Morgan fingerprint density at radius 3 is 2.40 bits per heavy atom. The first-order chi connectivity index (χ1) is 9.07. The van der Waals surface area contributed by atoms with Crippen molar-refractivity contribution in [2.24, 2.45) is 0 Å². The molecule has 0 aliphatic heterocycles. The summed E-state index contributed by atoms with van der Waals surface area (Å²) < 4.78 is 49.8. The molecule has 20 heavy (non-hydrogen) atoms. The molecule has 0 radical (unpaired) electrons. The number of carbonyl (C=O) groups excluding carboxylic acids is 1. The molecule has 0 spiro atoms. The van der Waals surface area contributed by atoms with E-state index in [0.29, 0.717) is 0 Å². The second-order valence-corrected chi connectivity index (χ2v) is 8.97. The number of sulfone groups is 1. The number of aryl methyl sites for hydroxylation is 1. The van der Waals surface area contributed by atoms with Gasteiger partial charge in [0.1, 0.15) is 10.7 Å². The highest BCUT2D eigenvalue weighted by molar-refractivity contribution is 8.13. The van der Waals surface area contributed by atoms with Crippen LogP contribution >= 0.6 is 10.7 Å². The Morgan fingerprint density at radius 1 is 1.35 bits per heavy atom. The van der Waals surface area contributed by atoms with Crippen LogP contribution in [0.1, 0.15) is 23.2 Å². The van der Waals surface area contributed by atoms with Crippen LogP contribution in [0.4, 0.5) is 0 Å². The van der Waals surface area contributed by atoms with Crippen LogP contribution in [-0.4, -0.2) is 40.8 Å². The van der Waals surface area contributed by atoms with Gasteiger partial charge in [0.15, 0.2) is 15.6 Å². The van der Waals surface area contributed by atoms with Gasteiger partial charge in [-0.05, 0) is 6.92 Å². The second-order valence-electron chi connectivity index (χ2n) is 3.96. The van der Waals surface area contributed by atoms with Gasteiger partial charge in [-0.25, -0.2) is 16.8 Å². The van der Waals surface area contributed by atoms with Crippen molar-refractivity contribution in [1.82, 2.24) is 5.32 Å². The maximum atomic E-state index is 11.7. The predicted octanol–water partition coefficient (Wildman–Crippen LogP) is 0.680. The van der Waals surface area contributed by atoms with E-state index in [1.54, 1.807) is 0 Å². The molecule has 1 aromatic rings. The normalized spacial score (nSPS) is 12.3. The smallest absolute Gasteiger partial charge is 0.287 e. The maximum absolute atomic E-state index is 11.7. The Balaban J connectivity index is 2.75. The van der Waals surface area contributed by atoms with Crippen LogP contribution in [-0.2, 0) is 18.9 Å². The topological polar surface area (TPSA) is 111 Å². The summed E-state index contributed by atoms with van der Waals surface area (Å²) in [6, 6.07) is 1.00. The van der Waals surface area contributed by atoms with Crippen molar-refractivity contribution in [2.45, 2.75) is 18.7 Å². The molecule has 10 heteroatoms. The summed E-state index contributed by atoms with van der Waals surface area (Å²) in [5, 5.41) is 2.33. The number of hydrogen-bond acceptors (Lipinski definition) is 6. The van der Waals surface area contributed by atoms with E-state index in [-0.39, 0.29) is 34.5 Å². The van der Waals surface area contributed by atoms with E-state index in [0.717, 1.165) is 6.07 Å². The van der Waals surface area contributed by atoms with E-state index in [4.69, 9.17) is 15.1 Å². The summed E-state index contributed by atoms with van der Waals surface area (Å²) in [7, 11) is -2.01. The Bertz CT molecular complexity index is 704. The van der Waals surface area contributed by atoms with Crippen molar-refractivity contribution in [2.75, 3.05) is 18.1 Å². The van der Waals surface area contributed by atoms with E-state index >= 15 is 0 Å². The molecular weight excluding hydrogens is 330 g/mol. The van der Waals surface area contributed by atoms with Crippen molar-refractivity contribution in [3.05, 3.63) is 17.6 Å². The minimum Gasteiger partial charge on any atom is -0.455 e. The number of carbonyl (C=O) groups is 1. The predicted molar refractivity (Wildman–Crippen MR) is 73.1 cm³/mol. The Labute approximate surface area is 121 Å². The van der Waals surface area contributed by atoms with Gasteiger partial charge in [0.2, 0.25) is 0 Å². The van der Waals surface area contributed by atoms with Gasteiger partial charge in [0.25, 0.3) is 15.0 Å². The molecule has 1 amide bonds. The van der Waals surface area contributed by atoms with Crippen LogP contribution in [0.15, 0.2) is 15.4 Å². The van der Waals surface area contributed by atoms with Gasteiger partial charge in [0, 0.05) is 29.0 Å². The molecule has 1 aromatic heterocycles. The van der Waals surface area contributed by atoms with Gasteiger partial charge >= 0.3 is 0 Å². The van der Waals surface area contributed by atoms with Gasteiger partial charge in [0.05, 0.1) is 5.75 Å². The molecule has 1 heterocycles. The van der Waals surface area contributed by atoms with Crippen molar-refractivity contribution in [3.8, 4) is 0 Å². The second kappa shape index (κ2) is 6.15. The Kier molecular flexibility index (Phi) is 5.22.